The molecule has 0 amide bonds. The summed E-state index contributed by atoms with van der Waals surface area (Å²) in [6.07, 6.45) is 8.34. The zero-order valence-electron chi connectivity index (χ0n) is 10.4. The number of ether oxygens (including phenoxy) is 2. The molecule has 0 aromatic heterocycles. The Kier molecular flexibility index (Phi) is 5.53. The Hall–Kier alpha value is -0.830. The quantitative estimate of drug-likeness (QED) is 0.534. The van der Waals surface area contributed by atoms with Gasteiger partial charge in [0.05, 0.1) is 12.2 Å². The highest BCUT2D eigenvalue weighted by atomic mass is 16.6. The first-order chi connectivity index (χ1) is 7.63. The van der Waals surface area contributed by atoms with Gasteiger partial charge in [-0.1, -0.05) is 19.1 Å². The lowest BCUT2D eigenvalue weighted by atomic mass is 10.1. The van der Waals surface area contributed by atoms with Crippen molar-refractivity contribution in [3.05, 3.63) is 12.2 Å². The molecule has 92 valence electrons. The molecule has 0 saturated carbocycles. The minimum Gasteiger partial charge on any atom is -0.460 e. The fourth-order valence-corrected chi connectivity index (χ4v) is 2.06. The molecule has 1 heterocycles. The second kappa shape index (κ2) is 6.69. The van der Waals surface area contributed by atoms with Crippen molar-refractivity contribution in [3.63, 3.8) is 0 Å². The zero-order chi connectivity index (χ0) is 12.0. The Bertz CT molecular complexity index is 248. The first kappa shape index (κ1) is 13.2. The van der Waals surface area contributed by atoms with Gasteiger partial charge in [-0.2, -0.15) is 0 Å². The molecule has 3 nitrogen and oxygen atoms in total. The molecule has 0 aliphatic carbocycles. The van der Waals surface area contributed by atoms with Crippen LogP contribution in [-0.4, -0.2) is 24.3 Å². The molecule has 0 bridgehead atoms. The predicted molar refractivity (Wildman–Crippen MR) is 63.2 cm³/mol. The van der Waals surface area contributed by atoms with Crippen LogP contribution in [0.5, 0.6) is 0 Å². The van der Waals surface area contributed by atoms with Gasteiger partial charge in [0, 0.05) is 13.3 Å². The molecule has 0 N–H and O–H groups in total. The summed E-state index contributed by atoms with van der Waals surface area (Å²) in [5.41, 5.74) is 0. The number of esters is 1. The van der Waals surface area contributed by atoms with Crippen molar-refractivity contribution in [2.45, 2.75) is 64.8 Å². The summed E-state index contributed by atoms with van der Waals surface area (Å²) in [6, 6.07) is 0. The third kappa shape index (κ3) is 4.35. The zero-order valence-corrected chi connectivity index (χ0v) is 10.4. The van der Waals surface area contributed by atoms with Crippen molar-refractivity contribution in [3.8, 4) is 0 Å². The third-order valence-electron chi connectivity index (χ3n) is 2.72. The largest absolute Gasteiger partial charge is 0.460 e. The van der Waals surface area contributed by atoms with Crippen LogP contribution in [0.4, 0.5) is 0 Å². The van der Waals surface area contributed by atoms with E-state index in [4.69, 9.17) is 9.47 Å². The fraction of sp³-hybridized carbons (Fsp3) is 0.769. The van der Waals surface area contributed by atoms with Crippen molar-refractivity contribution in [1.82, 2.24) is 0 Å². The van der Waals surface area contributed by atoms with Crippen LogP contribution < -0.4 is 0 Å². The molecule has 1 rings (SSSR count). The van der Waals surface area contributed by atoms with Crippen LogP contribution in [-0.2, 0) is 14.3 Å². The summed E-state index contributed by atoms with van der Waals surface area (Å²) in [4.78, 5) is 10.9. The van der Waals surface area contributed by atoms with Crippen molar-refractivity contribution in [2.75, 3.05) is 0 Å². The SMILES string of the molecule is CC/C=C/CC[C@@H]1O[C@H](C)C[C@H]1OC(C)=O. The smallest absolute Gasteiger partial charge is 0.302 e. The average Bonchev–Trinajstić information content (AvgIpc) is 2.53. The van der Waals surface area contributed by atoms with Crippen molar-refractivity contribution in [1.29, 1.82) is 0 Å². The molecule has 1 aliphatic heterocycles. The third-order valence-corrected chi connectivity index (χ3v) is 2.72. The molecule has 3 heteroatoms. The standard InChI is InChI=1S/C13H22O3/c1-4-5-6-7-8-12-13(16-11(3)14)9-10(2)15-12/h5-6,10,12-13H,4,7-9H2,1-3H3/b6-5+/t10-,12+,13-/m1/s1. The molecule has 1 aliphatic rings. The van der Waals surface area contributed by atoms with Gasteiger partial charge in [-0.05, 0) is 26.2 Å². The van der Waals surface area contributed by atoms with Gasteiger partial charge in [-0.15, -0.1) is 0 Å². The summed E-state index contributed by atoms with van der Waals surface area (Å²) >= 11 is 0. The maximum atomic E-state index is 10.9. The average molecular weight is 226 g/mol. The van der Waals surface area contributed by atoms with Crippen LogP contribution in [0.1, 0.15) is 46.5 Å². The van der Waals surface area contributed by atoms with E-state index in [1.807, 2.05) is 6.92 Å². The Balaban J connectivity index is 2.37. The van der Waals surface area contributed by atoms with Crippen LogP contribution >= 0.6 is 0 Å². The van der Waals surface area contributed by atoms with Crippen LogP contribution in [0.15, 0.2) is 12.2 Å². The number of carbonyl (C=O) groups is 1. The van der Waals surface area contributed by atoms with Gasteiger partial charge in [0.15, 0.2) is 0 Å². The first-order valence-electron chi connectivity index (χ1n) is 6.11. The number of allylic oxidation sites excluding steroid dienone is 2. The predicted octanol–water partition coefficient (Wildman–Crippen LogP) is 2.84. The van der Waals surface area contributed by atoms with E-state index in [0.717, 1.165) is 25.7 Å². The lowest BCUT2D eigenvalue weighted by Gasteiger charge is -2.17. The van der Waals surface area contributed by atoms with Gasteiger partial charge in [-0.3, -0.25) is 4.79 Å². The summed E-state index contributed by atoms with van der Waals surface area (Å²) in [5, 5.41) is 0. The lowest BCUT2D eigenvalue weighted by Crippen LogP contribution is -2.26. The highest BCUT2D eigenvalue weighted by Crippen LogP contribution is 2.26. The Morgan fingerprint density at radius 2 is 2.25 bits per heavy atom. The molecule has 1 fully saturated rings. The second-order valence-electron chi connectivity index (χ2n) is 4.33. The van der Waals surface area contributed by atoms with Gasteiger partial charge in [0.1, 0.15) is 6.10 Å². The molecule has 1 saturated heterocycles. The number of hydrogen-bond acceptors (Lipinski definition) is 3. The van der Waals surface area contributed by atoms with Gasteiger partial charge < -0.3 is 9.47 Å². The van der Waals surface area contributed by atoms with Gasteiger partial charge >= 0.3 is 5.97 Å². The van der Waals surface area contributed by atoms with E-state index in [1.165, 1.54) is 6.92 Å². The van der Waals surface area contributed by atoms with Gasteiger partial charge in [-0.25, -0.2) is 0 Å². The topological polar surface area (TPSA) is 35.5 Å². The fourth-order valence-electron chi connectivity index (χ4n) is 2.06. The lowest BCUT2D eigenvalue weighted by molar-refractivity contribution is -0.149. The maximum Gasteiger partial charge on any atom is 0.302 e. The Labute approximate surface area is 97.8 Å². The Morgan fingerprint density at radius 3 is 2.88 bits per heavy atom. The summed E-state index contributed by atoms with van der Waals surface area (Å²) in [5.74, 6) is -0.211. The van der Waals surface area contributed by atoms with Crippen molar-refractivity contribution >= 4 is 5.97 Å². The minimum absolute atomic E-state index is 0.0532. The van der Waals surface area contributed by atoms with Gasteiger partial charge in [0.25, 0.3) is 0 Å². The van der Waals surface area contributed by atoms with Crippen LogP contribution in [0.2, 0.25) is 0 Å². The molecule has 0 aromatic carbocycles. The second-order valence-corrected chi connectivity index (χ2v) is 4.33. The number of carbonyl (C=O) groups excluding carboxylic acids is 1. The summed E-state index contributed by atoms with van der Waals surface area (Å²) < 4.78 is 11.0. The van der Waals surface area contributed by atoms with Crippen LogP contribution in [0, 0.1) is 0 Å². The minimum atomic E-state index is -0.211. The number of hydrogen-bond donors (Lipinski definition) is 0. The molecule has 0 unspecified atom stereocenters. The molecule has 16 heavy (non-hydrogen) atoms. The highest BCUT2D eigenvalue weighted by molar-refractivity contribution is 5.66. The summed E-state index contributed by atoms with van der Waals surface area (Å²) in [7, 11) is 0. The molecule has 3 atom stereocenters. The first-order valence-corrected chi connectivity index (χ1v) is 6.11. The number of rotatable bonds is 5. The van der Waals surface area contributed by atoms with Crippen LogP contribution in [0.25, 0.3) is 0 Å². The van der Waals surface area contributed by atoms with E-state index >= 15 is 0 Å². The maximum absolute atomic E-state index is 10.9. The van der Waals surface area contributed by atoms with Crippen molar-refractivity contribution < 1.29 is 14.3 Å². The normalized spacial score (nSPS) is 29.8. The van der Waals surface area contributed by atoms with Gasteiger partial charge in [0.2, 0.25) is 0 Å². The molecular formula is C13H22O3. The molecule has 0 radical (unpaired) electrons. The monoisotopic (exact) mass is 226 g/mol. The van der Waals surface area contributed by atoms with E-state index in [2.05, 4.69) is 19.1 Å². The van der Waals surface area contributed by atoms with Crippen molar-refractivity contribution in [2.24, 2.45) is 0 Å². The van der Waals surface area contributed by atoms with E-state index in [-0.39, 0.29) is 24.3 Å². The van der Waals surface area contributed by atoms with Crippen LogP contribution in [0.3, 0.4) is 0 Å². The van der Waals surface area contributed by atoms with E-state index in [1.54, 1.807) is 0 Å². The van der Waals surface area contributed by atoms with E-state index < -0.39 is 0 Å². The molecule has 0 spiro atoms. The highest BCUT2D eigenvalue weighted by Gasteiger charge is 2.34. The molecular weight excluding hydrogens is 204 g/mol. The Morgan fingerprint density at radius 1 is 1.50 bits per heavy atom. The van der Waals surface area contributed by atoms with E-state index in [9.17, 15) is 4.79 Å². The summed E-state index contributed by atoms with van der Waals surface area (Å²) in [6.45, 7) is 5.60. The van der Waals surface area contributed by atoms with E-state index in [0.29, 0.717) is 0 Å². The molecule has 0 aromatic rings.